The summed E-state index contributed by atoms with van der Waals surface area (Å²) in [5.41, 5.74) is 2.63. The van der Waals surface area contributed by atoms with E-state index in [1.165, 1.54) is 0 Å². The lowest BCUT2D eigenvalue weighted by Gasteiger charge is -2.40. The predicted molar refractivity (Wildman–Crippen MR) is 111 cm³/mol. The molecule has 1 saturated heterocycles. The molecule has 0 radical (unpaired) electrons. The SMILES string of the molecule is CCOc1ccc(Cc2cc([C@@H]3O[C@H](CS)[C@@H](O)[C@H](O)[C@H]3O)ccc2Cl)cc1. The summed E-state index contributed by atoms with van der Waals surface area (Å²) < 4.78 is 11.3. The van der Waals surface area contributed by atoms with E-state index in [2.05, 4.69) is 12.6 Å². The Morgan fingerprint density at radius 1 is 1.04 bits per heavy atom. The Balaban J connectivity index is 1.82. The summed E-state index contributed by atoms with van der Waals surface area (Å²) in [4.78, 5) is 0. The van der Waals surface area contributed by atoms with E-state index < -0.39 is 30.5 Å². The van der Waals surface area contributed by atoms with Gasteiger partial charge in [-0.15, -0.1) is 0 Å². The monoisotopic (exact) mass is 424 g/mol. The zero-order valence-corrected chi connectivity index (χ0v) is 17.2. The summed E-state index contributed by atoms with van der Waals surface area (Å²) in [7, 11) is 0. The summed E-state index contributed by atoms with van der Waals surface area (Å²) >= 11 is 10.5. The Kier molecular flexibility index (Phi) is 7.25. The number of hydrogen-bond donors (Lipinski definition) is 4. The average molecular weight is 425 g/mol. The van der Waals surface area contributed by atoms with Crippen LogP contribution in [0.3, 0.4) is 0 Å². The van der Waals surface area contributed by atoms with Crippen molar-refractivity contribution in [2.75, 3.05) is 12.4 Å². The van der Waals surface area contributed by atoms with E-state index in [0.717, 1.165) is 16.9 Å². The molecule has 0 bridgehead atoms. The lowest BCUT2D eigenvalue weighted by Crippen LogP contribution is -2.54. The maximum atomic E-state index is 10.4. The van der Waals surface area contributed by atoms with Gasteiger partial charge in [-0.1, -0.05) is 35.9 Å². The van der Waals surface area contributed by atoms with Crippen LogP contribution >= 0.6 is 24.2 Å². The molecule has 0 aliphatic carbocycles. The van der Waals surface area contributed by atoms with E-state index in [1.807, 2.05) is 37.3 Å². The van der Waals surface area contributed by atoms with E-state index in [-0.39, 0.29) is 5.75 Å². The first-order valence-electron chi connectivity index (χ1n) is 9.25. The quantitative estimate of drug-likeness (QED) is 0.536. The third kappa shape index (κ3) is 4.64. The molecule has 5 nitrogen and oxygen atoms in total. The van der Waals surface area contributed by atoms with Crippen LogP contribution in [-0.4, -0.2) is 52.1 Å². The predicted octanol–water partition coefficient (Wildman–Crippen LogP) is 2.78. The zero-order valence-electron chi connectivity index (χ0n) is 15.5. The van der Waals surface area contributed by atoms with Crippen LogP contribution in [-0.2, 0) is 11.2 Å². The van der Waals surface area contributed by atoms with Gasteiger partial charge in [0.15, 0.2) is 0 Å². The first kappa shape index (κ1) is 21.4. The molecule has 1 aliphatic heterocycles. The van der Waals surface area contributed by atoms with Gasteiger partial charge in [-0.3, -0.25) is 0 Å². The fraction of sp³-hybridized carbons (Fsp3) is 0.429. The van der Waals surface area contributed by atoms with Gasteiger partial charge in [0.2, 0.25) is 0 Å². The number of hydrogen-bond acceptors (Lipinski definition) is 6. The average Bonchev–Trinajstić information content (AvgIpc) is 2.70. The molecule has 28 heavy (non-hydrogen) atoms. The molecule has 5 atom stereocenters. The maximum absolute atomic E-state index is 10.4. The third-order valence-electron chi connectivity index (χ3n) is 4.92. The number of thiol groups is 1. The van der Waals surface area contributed by atoms with Crippen molar-refractivity contribution >= 4 is 24.2 Å². The second-order valence-electron chi connectivity index (χ2n) is 6.85. The first-order chi connectivity index (χ1) is 13.4. The second-order valence-corrected chi connectivity index (χ2v) is 7.63. The molecule has 1 fully saturated rings. The van der Waals surface area contributed by atoms with Crippen molar-refractivity contribution in [1.82, 2.24) is 0 Å². The second kappa shape index (κ2) is 9.48. The van der Waals surface area contributed by atoms with Crippen LogP contribution in [0.4, 0.5) is 0 Å². The normalized spacial score (nSPS) is 27.6. The molecule has 0 unspecified atom stereocenters. The minimum atomic E-state index is -1.30. The van der Waals surface area contributed by atoms with Crippen molar-refractivity contribution in [1.29, 1.82) is 0 Å². The highest BCUT2D eigenvalue weighted by atomic mass is 35.5. The van der Waals surface area contributed by atoms with Crippen LogP contribution in [0.1, 0.15) is 29.7 Å². The molecular weight excluding hydrogens is 400 g/mol. The number of ether oxygens (including phenoxy) is 2. The highest BCUT2D eigenvalue weighted by Gasteiger charge is 2.43. The van der Waals surface area contributed by atoms with Gasteiger partial charge in [0.05, 0.1) is 12.7 Å². The van der Waals surface area contributed by atoms with Crippen molar-refractivity contribution in [2.24, 2.45) is 0 Å². The molecule has 0 saturated carbocycles. The minimum absolute atomic E-state index is 0.230. The van der Waals surface area contributed by atoms with E-state index in [1.54, 1.807) is 12.1 Å². The standard InChI is InChI=1S/C21H25ClO5S/c1-2-26-15-6-3-12(4-7-15)9-14-10-13(5-8-16(14)22)21-20(25)19(24)18(23)17(11-28)27-21/h3-8,10,17-21,23-25,28H,2,9,11H2,1H3/t17-,18-,19+,20-,21+/m1/s1. The van der Waals surface area contributed by atoms with Crippen molar-refractivity contribution in [3.05, 3.63) is 64.2 Å². The van der Waals surface area contributed by atoms with Gasteiger partial charge in [-0.25, -0.2) is 0 Å². The number of rotatable bonds is 6. The fourth-order valence-electron chi connectivity index (χ4n) is 3.37. The molecule has 2 aromatic rings. The van der Waals surface area contributed by atoms with Crippen LogP contribution in [0.25, 0.3) is 0 Å². The van der Waals surface area contributed by atoms with Crippen LogP contribution in [0.2, 0.25) is 5.02 Å². The van der Waals surface area contributed by atoms with Crippen molar-refractivity contribution in [2.45, 2.75) is 43.9 Å². The largest absolute Gasteiger partial charge is 0.494 e. The van der Waals surface area contributed by atoms with Crippen LogP contribution in [0, 0.1) is 0 Å². The van der Waals surface area contributed by atoms with Gasteiger partial charge in [-0.2, -0.15) is 12.6 Å². The summed E-state index contributed by atoms with van der Waals surface area (Å²) in [5.74, 6) is 1.05. The molecule has 0 spiro atoms. The zero-order chi connectivity index (χ0) is 20.3. The topological polar surface area (TPSA) is 79.2 Å². The molecule has 1 aliphatic rings. The number of aliphatic hydroxyl groups is 3. The number of benzene rings is 2. The highest BCUT2D eigenvalue weighted by Crippen LogP contribution is 2.34. The lowest BCUT2D eigenvalue weighted by atomic mass is 9.90. The summed E-state index contributed by atoms with van der Waals surface area (Å²) in [6, 6.07) is 13.2. The summed E-state index contributed by atoms with van der Waals surface area (Å²) in [5, 5.41) is 31.2. The van der Waals surface area contributed by atoms with Crippen molar-refractivity contribution in [3.8, 4) is 5.75 Å². The Labute approximate surface area is 175 Å². The van der Waals surface area contributed by atoms with Gasteiger partial charge in [0.1, 0.15) is 30.2 Å². The summed E-state index contributed by atoms with van der Waals surface area (Å²) in [6.07, 6.45) is -4.57. The van der Waals surface area contributed by atoms with E-state index >= 15 is 0 Å². The van der Waals surface area contributed by atoms with Crippen molar-refractivity contribution < 1.29 is 24.8 Å². The highest BCUT2D eigenvalue weighted by molar-refractivity contribution is 7.80. The van der Waals surface area contributed by atoms with Crippen LogP contribution in [0.5, 0.6) is 5.75 Å². The van der Waals surface area contributed by atoms with E-state index in [4.69, 9.17) is 21.1 Å². The molecule has 3 rings (SSSR count). The molecule has 2 aromatic carbocycles. The maximum Gasteiger partial charge on any atom is 0.119 e. The van der Waals surface area contributed by atoms with Gasteiger partial charge in [0.25, 0.3) is 0 Å². The van der Waals surface area contributed by atoms with Crippen molar-refractivity contribution in [3.63, 3.8) is 0 Å². The smallest absolute Gasteiger partial charge is 0.119 e. The van der Waals surface area contributed by atoms with E-state index in [0.29, 0.717) is 23.6 Å². The number of aliphatic hydroxyl groups excluding tert-OH is 3. The molecule has 0 aromatic heterocycles. The molecule has 0 amide bonds. The Morgan fingerprint density at radius 3 is 2.39 bits per heavy atom. The Hall–Kier alpha value is -1.28. The molecule has 7 heteroatoms. The summed E-state index contributed by atoms with van der Waals surface area (Å²) in [6.45, 7) is 2.56. The van der Waals surface area contributed by atoms with E-state index in [9.17, 15) is 15.3 Å². The number of halogens is 1. The fourth-order valence-corrected chi connectivity index (χ4v) is 3.86. The molecule has 1 heterocycles. The first-order valence-corrected chi connectivity index (χ1v) is 10.3. The Morgan fingerprint density at radius 2 is 1.75 bits per heavy atom. The Bertz CT molecular complexity index is 783. The van der Waals surface area contributed by atoms with Gasteiger partial charge < -0.3 is 24.8 Å². The lowest BCUT2D eigenvalue weighted by molar-refractivity contribution is -0.218. The molecule has 3 N–H and O–H groups in total. The molecular formula is C21H25ClO5S. The third-order valence-corrected chi connectivity index (χ3v) is 5.65. The molecule has 152 valence electrons. The van der Waals surface area contributed by atoms with Gasteiger partial charge in [-0.05, 0) is 48.2 Å². The van der Waals surface area contributed by atoms with Crippen LogP contribution in [0.15, 0.2) is 42.5 Å². The van der Waals surface area contributed by atoms with Gasteiger partial charge in [0, 0.05) is 10.8 Å². The minimum Gasteiger partial charge on any atom is -0.494 e. The van der Waals surface area contributed by atoms with Crippen LogP contribution < -0.4 is 4.74 Å². The van der Waals surface area contributed by atoms with Gasteiger partial charge >= 0.3 is 0 Å².